The number of hydrogen-bond donors (Lipinski definition) is 0. The summed E-state index contributed by atoms with van der Waals surface area (Å²) in [5, 5.41) is 0. The molecule has 4 nitrogen and oxygen atoms in total. The van der Waals surface area contributed by atoms with Crippen LogP contribution in [0.4, 0.5) is 5.69 Å². The molecule has 0 aromatic heterocycles. The first-order valence-corrected chi connectivity index (χ1v) is 11.6. The van der Waals surface area contributed by atoms with E-state index in [-0.39, 0.29) is 16.9 Å². The van der Waals surface area contributed by atoms with Crippen molar-refractivity contribution in [1.82, 2.24) is 0 Å². The molecule has 3 aromatic carbocycles. The molecule has 0 fully saturated rings. The normalized spacial score (nSPS) is 19.1. The van der Waals surface area contributed by atoms with Crippen LogP contribution in [0.2, 0.25) is 0 Å². The lowest BCUT2D eigenvalue weighted by molar-refractivity contribution is -0.115. The second kappa shape index (κ2) is 9.02. The third-order valence-corrected chi connectivity index (χ3v) is 6.89. The van der Waals surface area contributed by atoms with Gasteiger partial charge in [0.05, 0.1) is 14.2 Å². The number of aryl methyl sites for hydroxylation is 1. The molecule has 0 bridgehead atoms. The van der Waals surface area contributed by atoms with Gasteiger partial charge in [0.1, 0.15) is 11.5 Å². The van der Waals surface area contributed by atoms with Crippen LogP contribution in [0.15, 0.2) is 72.8 Å². The molecule has 0 saturated carbocycles. The minimum absolute atomic E-state index is 0.0544. The maximum atomic E-state index is 13.6. The minimum atomic E-state index is -0.389. The van der Waals surface area contributed by atoms with Crippen molar-refractivity contribution < 1.29 is 14.3 Å². The number of para-hydroxylation sites is 1. The van der Waals surface area contributed by atoms with Crippen LogP contribution in [0.5, 0.6) is 11.5 Å². The molecule has 1 aliphatic heterocycles. The first kappa shape index (κ1) is 23.6. The maximum absolute atomic E-state index is 13.6. The summed E-state index contributed by atoms with van der Waals surface area (Å²) in [5.41, 5.74) is 4.87. The van der Waals surface area contributed by atoms with Gasteiger partial charge >= 0.3 is 0 Å². The number of anilines is 1. The van der Waals surface area contributed by atoms with Crippen molar-refractivity contribution in [3.63, 3.8) is 0 Å². The molecule has 3 aromatic rings. The van der Waals surface area contributed by atoms with E-state index in [2.05, 4.69) is 70.2 Å². The number of rotatable bonds is 5. The van der Waals surface area contributed by atoms with E-state index >= 15 is 0 Å². The van der Waals surface area contributed by atoms with Gasteiger partial charge in [-0.05, 0) is 62.6 Å². The van der Waals surface area contributed by atoms with Gasteiger partial charge in [-0.25, -0.2) is 0 Å². The van der Waals surface area contributed by atoms with E-state index in [1.807, 2.05) is 35.2 Å². The third kappa shape index (κ3) is 4.21. The van der Waals surface area contributed by atoms with Gasteiger partial charge < -0.3 is 14.4 Å². The van der Waals surface area contributed by atoms with Gasteiger partial charge in [-0.2, -0.15) is 0 Å². The van der Waals surface area contributed by atoms with Gasteiger partial charge in [0, 0.05) is 34.3 Å². The largest absolute Gasteiger partial charge is 0.497 e. The zero-order valence-electron chi connectivity index (χ0n) is 20.9. The minimum Gasteiger partial charge on any atom is -0.497 e. The number of carbonyl (C=O) groups is 1. The molecule has 1 heterocycles. The van der Waals surface area contributed by atoms with Crippen molar-refractivity contribution in [3.8, 4) is 11.5 Å². The molecular weight excluding hydrogens is 422 g/mol. The first-order valence-electron chi connectivity index (χ1n) is 11.6. The van der Waals surface area contributed by atoms with Gasteiger partial charge in [0.15, 0.2) is 0 Å². The highest BCUT2D eigenvalue weighted by Gasteiger charge is 2.47. The molecule has 1 atom stereocenters. The Kier molecular flexibility index (Phi) is 6.26. The molecule has 0 saturated heterocycles. The average molecular weight is 456 g/mol. The summed E-state index contributed by atoms with van der Waals surface area (Å²) >= 11 is 0. The van der Waals surface area contributed by atoms with E-state index < -0.39 is 0 Å². The monoisotopic (exact) mass is 455 g/mol. The van der Waals surface area contributed by atoms with Crippen LogP contribution in [0, 0.1) is 6.92 Å². The van der Waals surface area contributed by atoms with E-state index in [0.29, 0.717) is 11.5 Å². The number of nitrogens with zero attached hydrogens (tertiary/aromatic N) is 1. The summed E-state index contributed by atoms with van der Waals surface area (Å²) in [7, 11) is 3.23. The van der Waals surface area contributed by atoms with Crippen LogP contribution in [0.1, 0.15) is 49.4 Å². The average Bonchev–Trinajstić information content (AvgIpc) is 2.82. The van der Waals surface area contributed by atoms with Crippen molar-refractivity contribution in [3.05, 3.63) is 95.1 Å². The third-order valence-electron chi connectivity index (χ3n) is 6.89. The summed E-state index contributed by atoms with van der Waals surface area (Å²) in [6, 6.07) is 22.6. The summed E-state index contributed by atoms with van der Waals surface area (Å²) in [6.45, 7) is 8.69. The van der Waals surface area contributed by atoms with Crippen LogP contribution >= 0.6 is 0 Å². The molecule has 0 unspecified atom stereocenters. The second-order valence-electron chi connectivity index (χ2n) is 9.82. The Hall–Kier alpha value is -3.53. The van der Waals surface area contributed by atoms with Gasteiger partial charge in [-0.3, -0.25) is 4.79 Å². The van der Waals surface area contributed by atoms with Crippen molar-refractivity contribution in [2.24, 2.45) is 0 Å². The first-order chi connectivity index (χ1) is 16.2. The highest BCUT2D eigenvalue weighted by atomic mass is 16.5. The van der Waals surface area contributed by atoms with E-state index in [1.165, 1.54) is 16.7 Å². The van der Waals surface area contributed by atoms with Gasteiger partial charge in [-0.1, -0.05) is 55.0 Å². The number of ether oxygens (including phenoxy) is 2. The standard InChI is InChI=1S/C30H33NO3/c1-21-11-15-23(16-12-21)30(4)20-29(2,3)31(26-10-8-7-9-25(26)30)28(32)18-14-22-13-17-24(33-5)19-27(22)34-6/h7-19H,20H2,1-6H3/b18-14+/t30-/m1/s1. The fourth-order valence-electron chi connectivity index (χ4n) is 5.29. The number of fused-ring (bicyclic) bond motifs is 1. The van der Waals surface area contributed by atoms with Crippen LogP contribution in [-0.2, 0) is 10.2 Å². The van der Waals surface area contributed by atoms with Crippen molar-refractivity contribution in [2.75, 3.05) is 19.1 Å². The van der Waals surface area contributed by atoms with Gasteiger partial charge in [-0.15, -0.1) is 0 Å². The lowest BCUT2D eigenvalue weighted by atomic mass is 9.65. The van der Waals surface area contributed by atoms with Crippen LogP contribution in [0.3, 0.4) is 0 Å². The molecule has 1 aliphatic rings. The smallest absolute Gasteiger partial charge is 0.251 e. The van der Waals surface area contributed by atoms with Crippen molar-refractivity contribution in [1.29, 1.82) is 0 Å². The molecule has 4 rings (SSSR count). The Labute approximate surface area is 202 Å². The van der Waals surface area contributed by atoms with E-state index in [4.69, 9.17) is 9.47 Å². The Balaban J connectivity index is 1.74. The number of benzene rings is 3. The van der Waals surface area contributed by atoms with Crippen LogP contribution in [0.25, 0.3) is 6.08 Å². The Morgan fingerprint density at radius 2 is 1.65 bits per heavy atom. The fourth-order valence-corrected chi connectivity index (χ4v) is 5.29. The summed E-state index contributed by atoms with van der Waals surface area (Å²) in [5.74, 6) is 1.32. The Bertz CT molecular complexity index is 1230. The van der Waals surface area contributed by atoms with E-state index in [0.717, 1.165) is 17.7 Å². The number of carbonyl (C=O) groups excluding carboxylic acids is 1. The molecule has 0 N–H and O–H groups in total. The number of hydrogen-bond acceptors (Lipinski definition) is 3. The molecule has 0 spiro atoms. The fraction of sp³-hybridized carbons (Fsp3) is 0.300. The van der Waals surface area contributed by atoms with Crippen LogP contribution < -0.4 is 14.4 Å². The molecule has 0 radical (unpaired) electrons. The van der Waals surface area contributed by atoms with E-state index in [1.54, 1.807) is 20.3 Å². The van der Waals surface area contributed by atoms with Gasteiger partial charge in [0.2, 0.25) is 0 Å². The summed E-state index contributed by atoms with van der Waals surface area (Å²) < 4.78 is 10.8. The lowest BCUT2D eigenvalue weighted by Crippen LogP contribution is -2.55. The van der Waals surface area contributed by atoms with Crippen molar-refractivity contribution in [2.45, 2.75) is 45.1 Å². The predicted octanol–water partition coefficient (Wildman–Crippen LogP) is 6.55. The molecule has 1 amide bonds. The SMILES string of the molecule is COc1ccc(/C=C/C(=O)N2c3ccccc3[C@@](C)(c3ccc(C)cc3)CC2(C)C)c(OC)c1. The topological polar surface area (TPSA) is 38.8 Å². The molecule has 4 heteroatoms. The van der Waals surface area contributed by atoms with Gasteiger partial charge in [0.25, 0.3) is 5.91 Å². The number of methoxy groups -OCH3 is 2. The molecular formula is C30H33NO3. The molecule has 0 aliphatic carbocycles. The highest BCUT2D eigenvalue weighted by molar-refractivity contribution is 6.06. The summed E-state index contributed by atoms with van der Waals surface area (Å²) in [4.78, 5) is 15.6. The Morgan fingerprint density at radius 3 is 2.32 bits per heavy atom. The molecule has 176 valence electrons. The zero-order chi connectivity index (χ0) is 24.5. The Morgan fingerprint density at radius 1 is 0.941 bits per heavy atom. The summed E-state index contributed by atoms with van der Waals surface area (Å²) in [6.07, 6.45) is 4.26. The van der Waals surface area contributed by atoms with Crippen LogP contribution in [-0.4, -0.2) is 25.7 Å². The highest BCUT2D eigenvalue weighted by Crippen LogP contribution is 2.50. The van der Waals surface area contributed by atoms with E-state index in [9.17, 15) is 4.79 Å². The predicted molar refractivity (Wildman–Crippen MR) is 139 cm³/mol. The lowest BCUT2D eigenvalue weighted by Gasteiger charge is -2.51. The quantitative estimate of drug-likeness (QED) is 0.410. The van der Waals surface area contributed by atoms with Crippen molar-refractivity contribution >= 4 is 17.7 Å². The number of amides is 1. The maximum Gasteiger partial charge on any atom is 0.251 e. The second-order valence-corrected chi connectivity index (χ2v) is 9.82. The zero-order valence-corrected chi connectivity index (χ0v) is 20.9. The molecule has 34 heavy (non-hydrogen) atoms.